The van der Waals surface area contributed by atoms with E-state index in [2.05, 4.69) is 38.0 Å². The van der Waals surface area contributed by atoms with Crippen molar-refractivity contribution in [2.45, 2.75) is 46.3 Å². The summed E-state index contributed by atoms with van der Waals surface area (Å²) >= 11 is 0. The summed E-state index contributed by atoms with van der Waals surface area (Å²) in [4.78, 5) is 24.0. The Morgan fingerprint density at radius 1 is 1.07 bits per heavy atom. The third kappa shape index (κ3) is 10.4. The van der Waals surface area contributed by atoms with Gasteiger partial charge in [-0.15, -0.1) is 6.58 Å². The summed E-state index contributed by atoms with van der Waals surface area (Å²) in [7, 11) is 0. The van der Waals surface area contributed by atoms with Gasteiger partial charge in [-0.05, 0) is 24.3 Å². The van der Waals surface area contributed by atoms with E-state index in [0.29, 0.717) is 6.42 Å². The van der Waals surface area contributed by atoms with E-state index in [4.69, 9.17) is 9.47 Å². The van der Waals surface area contributed by atoms with Crippen LogP contribution in [0.15, 0.2) is 55.1 Å². The minimum atomic E-state index is -0.740. The molecule has 0 fully saturated rings. The van der Waals surface area contributed by atoms with Crippen LogP contribution < -0.4 is 10.6 Å². The normalized spacial score (nSPS) is 13.4. The highest BCUT2D eigenvalue weighted by atomic mass is 16.6. The zero-order valence-corrected chi connectivity index (χ0v) is 17.3. The van der Waals surface area contributed by atoms with Gasteiger partial charge in [0.05, 0.1) is 5.54 Å². The van der Waals surface area contributed by atoms with Gasteiger partial charge in [0.2, 0.25) is 0 Å². The first kappa shape index (κ1) is 23.3. The molecule has 1 unspecified atom stereocenters. The second kappa shape index (κ2) is 11.2. The predicted octanol–water partition coefficient (Wildman–Crippen LogP) is 4.58. The highest BCUT2D eigenvalue weighted by Crippen LogP contribution is 2.14. The molecule has 1 atom stereocenters. The molecule has 1 aromatic rings. The van der Waals surface area contributed by atoms with Crippen LogP contribution in [-0.2, 0) is 16.1 Å². The number of amides is 2. The van der Waals surface area contributed by atoms with E-state index in [0.717, 1.165) is 5.56 Å². The van der Waals surface area contributed by atoms with Crippen LogP contribution in [0.25, 0.3) is 0 Å². The average molecular weight is 389 g/mol. The van der Waals surface area contributed by atoms with Crippen molar-refractivity contribution in [3.8, 4) is 0 Å². The number of ether oxygens (including phenoxy) is 2. The second-order valence-corrected chi connectivity index (χ2v) is 7.96. The smallest absolute Gasteiger partial charge is 0.407 e. The minimum absolute atomic E-state index is 0.0341. The van der Waals surface area contributed by atoms with E-state index in [1.165, 1.54) is 0 Å². The lowest BCUT2D eigenvalue weighted by molar-refractivity contribution is 0.125. The van der Waals surface area contributed by atoms with Gasteiger partial charge < -0.3 is 20.1 Å². The highest BCUT2D eigenvalue weighted by molar-refractivity contribution is 5.69. The summed E-state index contributed by atoms with van der Waals surface area (Å²) in [6, 6.07) is 9.41. The third-order valence-electron chi connectivity index (χ3n) is 3.76. The van der Waals surface area contributed by atoms with Gasteiger partial charge in [0, 0.05) is 6.54 Å². The predicted molar refractivity (Wildman–Crippen MR) is 111 cm³/mol. The van der Waals surface area contributed by atoms with E-state index in [-0.39, 0.29) is 25.2 Å². The van der Waals surface area contributed by atoms with Crippen LogP contribution in [0.3, 0.4) is 0 Å². The van der Waals surface area contributed by atoms with Gasteiger partial charge in [0.25, 0.3) is 0 Å². The van der Waals surface area contributed by atoms with Gasteiger partial charge in [-0.2, -0.15) is 0 Å². The van der Waals surface area contributed by atoms with Crippen molar-refractivity contribution in [3.63, 3.8) is 0 Å². The van der Waals surface area contributed by atoms with E-state index >= 15 is 0 Å². The molecule has 0 bridgehead atoms. The number of rotatable bonds is 9. The van der Waals surface area contributed by atoms with Crippen molar-refractivity contribution < 1.29 is 19.1 Å². The molecule has 6 nitrogen and oxygen atoms in total. The first-order valence-electron chi connectivity index (χ1n) is 9.32. The van der Waals surface area contributed by atoms with E-state index in [9.17, 15) is 9.59 Å². The maximum absolute atomic E-state index is 12.1. The fourth-order valence-electron chi connectivity index (χ4n) is 2.34. The van der Waals surface area contributed by atoms with E-state index < -0.39 is 17.7 Å². The second-order valence-electron chi connectivity index (χ2n) is 7.96. The molecule has 1 rings (SSSR count). The molecule has 0 aromatic heterocycles. The van der Waals surface area contributed by atoms with Crippen LogP contribution in [0.5, 0.6) is 0 Å². The van der Waals surface area contributed by atoms with E-state index in [1.54, 1.807) is 13.0 Å². The standard InChI is InChI=1S/C22H32N2O4/c1-6-13-22(5,17-23-19(25)27-15-10-14-21(2,3)4)24-20(26)28-16-18-11-8-7-9-12-18/h6-12,14H,1,13,15-17H2,2-5H3,(H,23,25)(H,24,26). The van der Waals surface area contributed by atoms with Crippen molar-refractivity contribution >= 4 is 12.2 Å². The molecule has 0 saturated heterocycles. The fraction of sp³-hybridized carbons (Fsp3) is 0.455. The summed E-state index contributed by atoms with van der Waals surface area (Å²) in [6.07, 6.45) is 4.81. The Morgan fingerprint density at radius 3 is 2.36 bits per heavy atom. The summed E-state index contributed by atoms with van der Waals surface area (Å²) < 4.78 is 10.4. The van der Waals surface area contributed by atoms with Crippen molar-refractivity contribution in [3.05, 3.63) is 60.7 Å². The molecule has 2 N–H and O–H groups in total. The van der Waals surface area contributed by atoms with Crippen molar-refractivity contribution in [1.29, 1.82) is 0 Å². The molecule has 6 heteroatoms. The number of carbonyl (C=O) groups excluding carboxylic acids is 2. The molecule has 154 valence electrons. The monoisotopic (exact) mass is 388 g/mol. The number of alkyl carbamates (subject to hydrolysis) is 2. The quantitative estimate of drug-likeness (QED) is 0.607. The van der Waals surface area contributed by atoms with Crippen LogP contribution in [0.4, 0.5) is 9.59 Å². The topological polar surface area (TPSA) is 76.7 Å². The molecule has 0 heterocycles. The van der Waals surface area contributed by atoms with Crippen molar-refractivity contribution in [2.75, 3.05) is 13.2 Å². The van der Waals surface area contributed by atoms with E-state index in [1.807, 2.05) is 42.5 Å². The molecule has 0 radical (unpaired) electrons. The number of nitrogens with one attached hydrogen (secondary N) is 2. The molecule has 1 aromatic carbocycles. The van der Waals surface area contributed by atoms with Gasteiger partial charge >= 0.3 is 12.2 Å². The van der Waals surface area contributed by atoms with Crippen molar-refractivity contribution in [1.82, 2.24) is 10.6 Å². The number of allylic oxidation sites excluding steroid dienone is 1. The zero-order chi connectivity index (χ0) is 21.0. The van der Waals surface area contributed by atoms with Crippen LogP contribution in [0, 0.1) is 5.41 Å². The van der Waals surface area contributed by atoms with Gasteiger partial charge in [0.1, 0.15) is 13.2 Å². The molecule has 0 saturated carbocycles. The Hall–Kier alpha value is -2.76. The lowest BCUT2D eigenvalue weighted by Gasteiger charge is -2.29. The van der Waals surface area contributed by atoms with Crippen LogP contribution in [0.1, 0.15) is 39.7 Å². The number of hydrogen-bond acceptors (Lipinski definition) is 4. The number of hydrogen-bond donors (Lipinski definition) is 2. The molecule has 0 spiro atoms. The lowest BCUT2D eigenvalue weighted by atomic mass is 9.96. The maximum Gasteiger partial charge on any atom is 0.407 e. The van der Waals surface area contributed by atoms with Crippen LogP contribution in [-0.4, -0.2) is 30.9 Å². The maximum atomic E-state index is 12.1. The summed E-state index contributed by atoms with van der Waals surface area (Å²) in [5.41, 5.74) is 0.190. The Kier molecular flexibility index (Phi) is 9.28. The Labute approximate surface area is 168 Å². The molecule has 0 aliphatic heterocycles. The van der Waals surface area contributed by atoms with Gasteiger partial charge in [-0.25, -0.2) is 9.59 Å². The lowest BCUT2D eigenvalue weighted by Crippen LogP contribution is -2.53. The molecule has 28 heavy (non-hydrogen) atoms. The van der Waals surface area contributed by atoms with Gasteiger partial charge in [0.15, 0.2) is 0 Å². The summed E-state index contributed by atoms with van der Waals surface area (Å²) in [5, 5.41) is 5.46. The average Bonchev–Trinajstić information content (AvgIpc) is 2.62. The Balaban J connectivity index is 2.45. The van der Waals surface area contributed by atoms with Gasteiger partial charge in [-0.1, -0.05) is 69.3 Å². The van der Waals surface area contributed by atoms with Crippen LogP contribution in [0.2, 0.25) is 0 Å². The summed E-state index contributed by atoms with van der Waals surface area (Å²) in [5.74, 6) is 0. The van der Waals surface area contributed by atoms with Gasteiger partial charge in [-0.3, -0.25) is 0 Å². The SMILES string of the molecule is C=CCC(C)(CNC(=O)OCC=CC(C)(C)C)NC(=O)OCc1ccccc1. The minimum Gasteiger partial charge on any atom is -0.445 e. The Morgan fingerprint density at radius 2 is 1.75 bits per heavy atom. The number of carbonyl (C=O) groups is 2. The zero-order valence-electron chi connectivity index (χ0n) is 17.3. The van der Waals surface area contributed by atoms with Crippen LogP contribution >= 0.6 is 0 Å². The van der Waals surface area contributed by atoms with Crippen molar-refractivity contribution in [2.24, 2.45) is 5.41 Å². The fourth-order valence-corrected chi connectivity index (χ4v) is 2.34. The first-order valence-corrected chi connectivity index (χ1v) is 9.32. The molecule has 2 amide bonds. The third-order valence-corrected chi connectivity index (χ3v) is 3.76. The molecular formula is C22H32N2O4. The highest BCUT2D eigenvalue weighted by Gasteiger charge is 2.26. The summed E-state index contributed by atoms with van der Waals surface area (Å²) in [6.45, 7) is 12.2. The Bertz CT molecular complexity index is 665. The number of benzene rings is 1. The first-order chi connectivity index (χ1) is 13.1. The molecule has 0 aliphatic carbocycles. The largest absolute Gasteiger partial charge is 0.445 e. The molecule has 0 aliphatic rings. The molecular weight excluding hydrogens is 356 g/mol.